The predicted molar refractivity (Wildman–Crippen MR) is 88.3 cm³/mol. The second-order valence-corrected chi connectivity index (χ2v) is 5.30. The zero-order valence-corrected chi connectivity index (χ0v) is 13.2. The van der Waals surface area contributed by atoms with Gasteiger partial charge < -0.3 is 10.6 Å². The van der Waals surface area contributed by atoms with Crippen molar-refractivity contribution in [1.29, 1.82) is 0 Å². The van der Waals surface area contributed by atoms with E-state index in [-0.39, 0.29) is 24.4 Å². The van der Waals surface area contributed by atoms with Crippen LogP contribution in [0.1, 0.15) is 24.8 Å². The van der Waals surface area contributed by atoms with E-state index in [9.17, 15) is 4.79 Å². The molecule has 0 aliphatic carbocycles. The van der Waals surface area contributed by atoms with Crippen molar-refractivity contribution in [2.45, 2.75) is 31.8 Å². The van der Waals surface area contributed by atoms with Crippen LogP contribution in [0.25, 0.3) is 5.69 Å². The molecule has 1 amide bonds. The number of hydrogen-bond donors (Lipinski definition) is 2. The van der Waals surface area contributed by atoms with E-state index in [4.69, 9.17) is 0 Å². The maximum Gasteiger partial charge on any atom is 0.237 e. The average Bonchev–Trinajstić information content (AvgIpc) is 3.08. The highest BCUT2D eigenvalue weighted by atomic mass is 35.5. The Balaban J connectivity index is 0.00000176. The predicted octanol–water partition coefficient (Wildman–Crippen LogP) is 2.05. The molecule has 22 heavy (non-hydrogen) atoms. The molecule has 0 unspecified atom stereocenters. The van der Waals surface area contributed by atoms with Crippen molar-refractivity contribution < 1.29 is 4.79 Å². The van der Waals surface area contributed by atoms with Gasteiger partial charge in [0.05, 0.1) is 11.7 Å². The van der Waals surface area contributed by atoms with E-state index < -0.39 is 0 Å². The third kappa shape index (κ3) is 3.87. The van der Waals surface area contributed by atoms with Crippen LogP contribution in [0.3, 0.4) is 0 Å². The molecule has 1 aliphatic heterocycles. The Kier molecular flexibility index (Phi) is 5.98. The smallest absolute Gasteiger partial charge is 0.237 e. The van der Waals surface area contributed by atoms with Crippen LogP contribution in [0.4, 0.5) is 0 Å². The van der Waals surface area contributed by atoms with Crippen LogP contribution in [-0.4, -0.2) is 28.3 Å². The minimum absolute atomic E-state index is 0. The third-order valence-corrected chi connectivity index (χ3v) is 3.82. The maximum absolute atomic E-state index is 12.2. The lowest BCUT2D eigenvalue weighted by Crippen LogP contribution is -2.46. The van der Waals surface area contributed by atoms with E-state index in [1.807, 2.05) is 41.2 Å². The van der Waals surface area contributed by atoms with Crippen LogP contribution >= 0.6 is 12.4 Å². The molecule has 1 aliphatic rings. The van der Waals surface area contributed by atoms with Crippen LogP contribution in [0.5, 0.6) is 0 Å². The van der Waals surface area contributed by atoms with Crippen LogP contribution in [0.15, 0.2) is 42.7 Å². The highest BCUT2D eigenvalue weighted by Gasteiger charge is 2.20. The summed E-state index contributed by atoms with van der Waals surface area (Å²) in [7, 11) is 0. The first-order valence-corrected chi connectivity index (χ1v) is 7.43. The van der Waals surface area contributed by atoms with Gasteiger partial charge in [-0.05, 0) is 37.1 Å². The molecule has 0 saturated carbocycles. The molecule has 1 aromatic carbocycles. The Hall–Kier alpha value is -1.85. The number of amides is 1. The second kappa shape index (κ2) is 7.96. The van der Waals surface area contributed by atoms with Gasteiger partial charge in [-0.2, -0.15) is 5.10 Å². The molecule has 2 aromatic rings. The number of piperidine rings is 1. The molecule has 0 bridgehead atoms. The summed E-state index contributed by atoms with van der Waals surface area (Å²) in [5.41, 5.74) is 2.06. The molecule has 0 radical (unpaired) electrons. The number of nitrogens with one attached hydrogen (secondary N) is 2. The number of halogens is 1. The van der Waals surface area contributed by atoms with Crippen molar-refractivity contribution in [2.24, 2.45) is 0 Å². The van der Waals surface area contributed by atoms with Crippen LogP contribution in [0, 0.1) is 0 Å². The zero-order valence-electron chi connectivity index (χ0n) is 12.4. The maximum atomic E-state index is 12.2. The Morgan fingerprint density at radius 1 is 1.32 bits per heavy atom. The van der Waals surface area contributed by atoms with Gasteiger partial charge in [0.25, 0.3) is 0 Å². The van der Waals surface area contributed by atoms with E-state index in [0.717, 1.165) is 37.1 Å². The Morgan fingerprint density at radius 3 is 2.91 bits per heavy atom. The average molecular weight is 321 g/mol. The fourth-order valence-electron chi connectivity index (χ4n) is 2.68. The number of nitrogens with zero attached hydrogens (tertiary/aromatic N) is 2. The van der Waals surface area contributed by atoms with Gasteiger partial charge in [-0.25, -0.2) is 4.68 Å². The van der Waals surface area contributed by atoms with Crippen molar-refractivity contribution in [2.75, 3.05) is 6.54 Å². The van der Waals surface area contributed by atoms with Gasteiger partial charge in [0.15, 0.2) is 0 Å². The lowest BCUT2D eigenvalue weighted by atomic mass is 10.0. The Bertz CT molecular complexity index is 594. The van der Waals surface area contributed by atoms with Gasteiger partial charge in [-0.15, -0.1) is 12.4 Å². The van der Waals surface area contributed by atoms with E-state index >= 15 is 0 Å². The molecule has 1 aromatic heterocycles. The topological polar surface area (TPSA) is 59.0 Å². The van der Waals surface area contributed by atoms with Crippen molar-refractivity contribution in [3.63, 3.8) is 0 Å². The van der Waals surface area contributed by atoms with E-state index in [1.54, 1.807) is 6.20 Å². The van der Waals surface area contributed by atoms with Crippen LogP contribution in [0.2, 0.25) is 0 Å². The van der Waals surface area contributed by atoms with Gasteiger partial charge in [-0.1, -0.05) is 24.6 Å². The van der Waals surface area contributed by atoms with Crippen LogP contribution in [-0.2, 0) is 11.3 Å². The zero-order chi connectivity index (χ0) is 14.5. The van der Waals surface area contributed by atoms with Crippen molar-refractivity contribution in [3.05, 3.63) is 48.3 Å². The summed E-state index contributed by atoms with van der Waals surface area (Å²) in [4.78, 5) is 12.2. The normalized spacial score (nSPS) is 17.5. The molecule has 3 rings (SSSR count). The van der Waals surface area contributed by atoms with E-state index in [1.165, 1.54) is 0 Å². The SMILES string of the molecule is Cl.O=C(NCc1ccccc1-n1cccn1)[C@H]1CCCCN1. The molecule has 6 heteroatoms. The lowest BCUT2D eigenvalue weighted by Gasteiger charge is -2.22. The second-order valence-electron chi connectivity index (χ2n) is 5.30. The first kappa shape index (κ1) is 16.5. The molecule has 2 N–H and O–H groups in total. The summed E-state index contributed by atoms with van der Waals surface area (Å²) in [5.74, 6) is 0.0879. The van der Waals surface area contributed by atoms with Crippen molar-refractivity contribution >= 4 is 18.3 Å². The molecule has 1 fully saturated rings. The minimum Gasteiger partial charge on any atom is -0.351 e. The number of rotatable bonds is 4. The number of hydrogen-bond acceptors (Lipinski definition) is 3. The van der Waals surface area contributed by atoms with Gasteiger partial charge in [-0.3, -0.25) is 4.79 Å². The van der Waals surface area contributed by atoms with Crippen LogP contribution < -0.4 is 10.6 Å². The van der Waals surface area contributed by atoms with Gasteiger partial charge >= 0.3 is 0 Å². The summed E-state index contributed by atoms with van der Waals surface area (Å²) < 4.78 is 1.82. The van der Waals surface area contributed by atoms with E-state index in [0.29, 0.717) is 6.54 Å². The largest absolute Gasteiger partial charge is 0.351 e. The summed E-state index contributed by atoms with van der Waals surface area (Å²) in [6.07, 6.45) is 6.86. The fourth-order valence-corrected chi connectivity index (χ4v) is 2.68. The molecular weight excluding hydrogens is 300 g/mol. The quantitative estimate of drug-likeness (QED) is 0.906. The Morgan fingerprint density at radius 2 is 2.18 bits per heavy atom. The van der Waals surface area contributed by atoms with Gasteiger partial charge in [0.2, 0.25) is 5.91 Å². The third-order valence-electron chi connectivity index (χ3n) is 3.82. The summed E-state index contributed by atoms with van der Waals surface area (Å²) >= 11 is 0. The van der Waals surface area contributed by atoms with Gasteiger partial charge in [0, 0.05) is 18.9 Å². The first-order chi connectivity index (χ1) is 10.3. The fraction of sp³-hybridized carbons (Fsp3) is 0.375. The van der Waals surface area contributed by atoms with Crippen molar-refractivity contribution in [1.82, 2.24) is 20.4 Å². The molecule has 0 spiro atoms. The molecule has 5 nitrogen and oxygen atoms in total. The Labute approximate surface area is 136 Å². The first-order valence-electron chi connectivity index (χ1n) is 7.43. The lowest BCUT2D eigenvalue weighted by molar-refractivity contribution is -0.123. The molecule has 2 heterocycles. The standard InChI is InChI=1S/C16H20N4O.ClH/c21-16(14-7-3-4-9-17-14)18-12-13-6-1-2-8-15(13)20-11-5-10-19-20;/h1-2,5-6,8,10-11,14,17H,3-4,7,9,12H2,(H,18,21);1H/t14-;/m1./s1. The number of carbonyl (C=O) groups excluding carboxylic acids is 1. The molecule has 118 valence electrons. The number of benzene rings is 1. The number of para-hydroxylation sites is 1. The van der Waals surface area contributed by atoms with Gasteiger partial charge in [0.1, 0.15) is 0 Å². The minimum atomic E-state index is -0.0457. The summed E-state index contributed by atoms with van der Waals surface area (Å²) in [6.45, 7) is 1.45. The molecule has 1 saturated heterocycles. The number of carbonyl (C=O) groups is 1. The van der Waals surface area contributed by atoms with Crippen molar-refractivity contribution in [3.8, 4) is 5.69 Å². The highest BCUT2D eigenvalue weighted by Crippen LogP contribution is 2.13. The monoisotopic (exact) mass is 320 g/mol. The molecule has 1 atom stereocenters. The number of aromatic nitrogens is 2. The summed E-state index contributed by atoms with van der Waals surface area (Å²) in [5, 5.41) is 10.6. The van der Waals surface area contributed by atoms with E-state index in [2.05, 4.69) is 15.7 Å². The molecular formula is C16H21ClN4O. The highest BCUT2D eigenvalue weighted by molar-refractivity contribution is 5.85. The summed E-state index contributed by atoms with van der Waals surface area (Å²) in [6, 6.07) is 9.83.